The molecule has 6 nitrogen and oxygen atoms in total. The molecule has 1 aliphatic carbocycles. The fourth-order valence-electron chi connectivity index (χ4n) is 3.18. The summed E-state index contributed by atoms with van der Waals surface area (Å²) in [7, 11) is 0. The maximum Gasteiger partial charge on any atom is 0.247 e. The van der Waals surface area contributed by atoms with Crippen molar-refractivity contribution in [3.8, 4) is 0 Å². The van der Waals surface area contributed by atoms with Crippen molar-refractivity contribution >= 4 is 23.1 Å². The van der Waals surface area contributed by atoms with E-state index in [0.29, 0.717) is 23.3 Å². The Kier molecular flexibility index (Phi) is 4.23. The standard InChI is InChI=1S/C18H20FN5O/c19-14-4-1-2-5-15(14)21-18-22-17-7-3-6-16(24(17)23-18)20-12-8-10-13(25)11-9-12/h1-7,12-13,20,25H,8-11H2,(H,21,23)/t12-,13+. The molecule has 0 radical (unpaired) electrons. The van der Waals surface area contributed by atoms with Gasteiger partial charge in [0.05, 0.1) is 11.8 Å². The van der Waals surface area contributed by atoms with E-state index >= 15 is 0 Å². The average molecular weight is 341 g/mol. The molecule has 7 heteroatoms. The number of hydrogen-bond donors (Lipinski definition) is 3. The summed E-state index contributed by atoms with van der Waals surface area (Å²) in [6, 6.07) is 12.5. The zero-order valence-electron chi connectivity index (χ0n) is 13.7. The lowest BCUT2D eigenvalue weighted by molar-refractivity contribution is 0.126. The van der Waals surface area contributed by atoms with Gasteiger partial charge < -0.3 is 15.7 Å². The van der Waals surface area contributed by atoms with E-state index in [9.17, 15) is 9.50 Å². The normalized spacial score (nSPS) is 20.6. The molecule has 1 aliphatic rings. The third kappa shape index (κ3) is 3.41. The van der Waals surface area contributed by atoms with E-state index < -0.39 is 0 Å². The molecule has 2 aromatic heterocycles. The lowest BCUT2D eigenvalue weighted by Crippen LogP contribution is -2.29. The average Bonchev–Trinajstić information content (AvgIpc) is 3.03. The minimum absolute atomic E-state index is 0.184. The Balaban J connectivity index is 1.57. The van der Waals surface area contributed by atoms with Gasteiger partial charge in [-0.25, -0.2) is 4.39 Å². The zero-order valence-corrected chi connectivity index (χ0v) is 13.7. The van der Waals surface area contributed by atoms with Crippen LogP contribution in [0.3, 0.4) is 0 Å². The van der Waals surface area contributed by atoms with Crippen LogP contribution in [0, 0.1) is 5.82 Å². The Hall–Kier alpha value is -2.67. The predicted molar refractivity (Wildman–Crippen MR) is 94.6 cm³/mol. The number of benzene rings is 1. The highest BCUT2D eigenvalue weighted by Gasteiger charge is 2.20. The van der Waals surface area contributed by atoms with Crippen molar-refractivity contribution in [3.05, 3.63) is 48.3 Å². The van der Waals surface area contributed by atoms with Crippen molar-refractivity contribution in [2.45, 2.75) is 37.8 Å². The summed E-state index contributed by atoms with van der Waals surface area (Å²) in [6.45, 7) is 0. The summed E-state index contributed by atoms with van der Waals surface area (Å²) in [5.41, 5.74) is 1.02. The van der Waals surface area contributed by atoms with Gasteiger partial charge in [-0.05, 0) is 49.9 Å². The Bertz CT molecular complexity index is 873. The van der Waals surface area contributed by atoms with Crippen molar-refractivity contribution in [2.75, 3.05) is 10.6 Å². The molecule has 0 aliphatic heterocycles. The summed E-state index contributed by atoms with van der Waals surface area (Å²) in [5.74, 6) is 0.840. The molecule has 0 saturated heterocycles. The Labute approximate surface area is 144 Å². The molecule has 130 valence electrons. The molecule has 0 unspecified atom stereocenters. The smallest absolute Gasteiger partial charge is 0.247 e. The van der Waals surface area contributed by atoms with E-state index in [2.05, 4.69) is 20.7 Å². The van der Waals surface area contributed by atoms with E-state index in [4.69, 9.17) is 0 Å². The van der Waals surface area contributed by atoms with E-state index in [0.717, 1.165) is 31.5 Å². The maximum absolute atomic E-state index is 13.8. The summed E-state index contributed by atoms with van der Waals surface area (Å²) in [4.78, 5) is 4.41. The lowest BCUT2D eigenvalue weighted by atomic mass is 9.93. The van der Waals surface area contributed by atoms with Gasteiger partial charge >= 0.3 is 0 Å². The number of nitrogens with zero attached hydrogens (tertiary/aromatic N) is 3. The highest BCUT2D eigenvalue weighted by molar-refractivity contribution is 5.58. The third-order valence-corrected chi connectivity index (χ3v) is 4.53. The number of para-hydroxylation sites is 1. The fraction of sp³-hybridized carbons (Fsp3) is 0.333. The number of rotatable bonds is 4. The summed E-state index contributed by atoms with van der Waals surface area (Å²) >= 11 is 0. The van der Waals surface area contributed by atoms with Gasteiger partial charge in [-0.2, -0.15) is 9.50 Å². The molecule has 1 aromatic carbocycles. The highest BCUT2D eigenvalue weighted by atomic mass is 19.1. The second-order valence-electron chi connectivity index (χ2n) is 6.37. The topological polar surface area (TPSA) is 74.5 Å². The largest absolute Gasteiger partial charge is 0.393 e. The van der Waals surface area contributed by atoms with Crippen molar-refractivity contribution in [3.63, 3.8) is 0 Å². The SMILES string of the molecule is O[C@H]1CC[C@@H](Nc2cccc3nc(Nc4ccccc4F)nn23)CC1. The second kappa shape index (κ2) is 6.68. The van der Waals surface area contributed by atoms with Crippen LogP contribution < -0.4 is 10.6 Å². The fourth-order valence-corrected chi connectivity index (χ4v) is 3.18. The molecule has 4 rings (SSSR count). The van der Waals surface area contributed by atoms with Gasteiger partial charge in [0.25, 0.3) is 0 Å². The Morgan fingerprint density at radius 2 is 1.84 bits per heavy atom. The lowest BCUT2D eigenvalue weighted by Gasteiger charge is -2.26. The molecule has 1 saturated carbocycles. The number of pyridine rings is 1. The molecular formula is C18H20FN5O. The van der Waals surface area contributed by atoms with Crippen LogP contribution in [0.2, 0.25) is 0 Å². The van der Waals surface area contributed by atoms with Crippen LogP contribution in [0.15, 0.2) is 42.5 Å². The van der Waals surface area contributed by atoms with Gasteiger partial charge in [-0.15, -0.1) is 5.10 Å². The van der Waals surface area contributed by atoms with E-state index in [1.807, 2.05) is 18.2 Å². The van der Waals surface area contributed by atoms with E-state index in [1.165, 1.54) is 6.07 Å². The summed E-state index contributed by atoms with van der Waals surface area (Å²) in [5, 5.41) is 20.5. The number of anilines is 3. The van der Waals surface area contributed by atoms with Crippen LogP contribution in [0.5, 0.6) is 0 Å². The predicted octanol–water partition coefficient (Wildman–Crippen LogP) is 3.33. The quantitative estimate of drug-likeness (QED) is 0.679. The minimum Gasteiger partial charge on any atom is -0.393 e. The van der Waals surface area contributed by atoms with Crippen LogP contribution in [0.25, 0.3) is 5.65 Å². The zero-order chi connectivity index (χ0) is 17.2. The number of halogens is 1. The number of nitrogens with one attached hydrogen (secondary N) is 2. The van der Waals surface area contributed by atoms with Gasteiger partial charge in [0.1, 0.15) is 11.6 Å². The van der Waals surface area contributed by atoms with Crippen LogP contribution in [-0.2, 0) is 0 Å². The van der Waals surface area contributed by atoms with Crippen molar-refractivity contribution in [2.24, 2.45) is 0 Å². The van der Waals surface area contributed by atoms with E-state index in [1.54, 1.807) is 22.7 Å². The molecule has 0 bridgehead atoms. The molecular weight excluding hydrogens is 321 g/mol. The first-order chi connectivity index (χ1) is 12.2. The first-order valence-corrected chi connectivity index (χ1v) is 8.51. The molecule has 25 heavy (non-hydrogen) atoms. The third-order valence-electron chi connectivity index (χ3n) is 4.53. The number of fused-ring (bicyclic) bond motifs is 1. The number of aromatic nitrogens is 3. The van der Waals surface area contributed by atoms with Crippen molar-refractivity contribution in [1.82, 2.24) is 14.6 Å². The van der Waals surface area contributed by atoms with Crippen molar-refractivity contribution < 1.29 is 9.50 Å². The summed E-state index contributed by atoms with van der Waals surface area (Å²) in [6.07, 6.45) is 3.28. The Morgan fingerprint density at radius 1 is 1.04 bits per heavy atom. The molecule has 2 heterocycles. The van der Waals surface area contributed by atoms with Gasteiger partial charge in [0.15, 0.2) is 5.65 Å². The first kappa shape index (κ1) is 15.8. The second-order valence-corrected chi connectivity index (χ2v) is 6.37. The molecule has 1 fully saturated rings. The monoisotopic (exact) mass is 341 g/mol. The number of aliphatic hydroxyl groups excluding tert-OH is 1. The number of hydrogen-bond acceptors (Lipinski definition) is 5. The Morgan fingerprint density at radius 3 is 2.64 bits per heavy atom. The molecule has 0 amide bonds. The van der Waals surface area contributed by atoms with Gasteiger partial charge in [0.2, 0.25) is 5.95 Å². The minimum atomic E-state index is -0.347. The molecule has 3 aromatic rings. The first-order valence-electron chi connectivity index (χ1n) is 8.51. The van der Waals surface area contributed by atoms with Gasteiger partial charge in [-0.1, -0.05) is 18.2 Å². The van der Waals surface area contributed by atoms with Crippen molar-refractivity contribution in [1.29, 1.82) is 0 Å². The van der Waals surface area contributed by atoms with Gasteiger partial charge in [0, 0.05) is 6.04 Å². The maximum atomic E-state index is 13.8. The van der Waals surface area contributed by atoms with E-state index in [-0.39, 0.29) is 11.9 Å². The van der Waals surface area contributed by atoms with Crippen LogP contribution in [0.4, 0.5) is 21.8 Å². The molecule has 0 atom stereocenters. The summed E-state index contributed by atoms with van der Waals surface area (Å²) < 4.78 is 15.5. The van der Waals surface area contributed by atoms with Crippen LogP contribution in [0.1, 0.15) is 25.7 Å². The van der Waals surface area contributed by atoms with Crippen LogP contribution >= 0.6 is 0 Å². The number of aliphatic hydroxyl groups is 1. The molecule has 3 N–H and O–H groups in total. The van der Waals surface area contributed by atoms with Gasteiger partial charge in [-0.3, -0.25) is 0 Å². The molecule has 0 spiro atoms. The van der Waals surface area contributed by atoms with Crippen LogP contribution in [-0.4, -0.2) is 31.9 Å². The highest BCUT2D eigenvalue weighted by Crippen LogP contribution is 2.23.